The van der Waals surface area contributed by atoms with E-state index in [9.17, 15) is 14.0 Å². The van der Waals surface area contributed by atoms with Crippen molar-refractivity contribution in [2.75, 3.05) is 18.8 Å². The van der Waals surface area contributed by atoms with Crippen molar-refractivity contribution >= 4 is 17.5 Å². The normalized spacial score (nSPS) is 17.3. The summed E-state index contributed by atoms with van der Waals surface area (Å²) in [4.78, 5) is 27.1. The number of benzene rings is 1. The van der Waals surface area contributed by atoms with Crippen LogP contribution in [-0.2, 0) is 4.79 Å². The van der Waals surface area contributed by atoms with Crippen LogP contribution in [-0.4, -0.2) is 39.5 Å². The highest BCUT2D eigenvalue weighted by atomic mass is 19.1. The molecule has 2 heterocycles. The summed E-state index contributed by atoms with van der Waals surface area (Å²) in [5, 5.41) is 4.19. The van der Waals surface area contributed by atoms with Crippen molar-refractivity contribution in [1.82, 2.24) is 14.7 Å². The lowest BCUT2D eigenvalue weighted by atomic mass is 9.90. The first kappa shape index (κ1) is 19.1. The number of hydrogen-bond acceptors (Lipinski definition) is 4. The van der Waals surface area contributed by atoms with Crippen molar-refractivity contribution in [2.45, 2.75) is 33.1 Å². The molecular weight excluding hydrogens is 347 g/mol. The summed E-state index contributed by atoms with van der Waals surface area (Å²) < 4.78 is 14.5. The number of anilines is 1. The fraction of sp³-hybridized carbons (Fsp3) is 0.450. The van der Waals surface area contributed by atoms with E-state index >= 15 is 0 Å². The SMILES string of the molecule is CC(C)CC(=O)N1CCC[C@@H](C(=O)c2cnn(-c3ccc(F)cc3)c2N)C1. The van der Waals surface area contributed by atoms with Crippen LogP contribution in [0.5, 0.6) is 0 Å². The molecule has 0 spiro atoms. The Bertz CT molecular complexity index is 829. The van der Waals surface area contributed by atoms with Gasteiger partial charge in [0.1, 0.15) is 11.6 Å². The average molecular weight is 372 g/mol. The lowest BCUT2D eigenvalue weighted by Gasteiger charge is -2.32. The van der Waals surface area contributed by atoms with Crippen LogP contribution in [0.1, 0.15) is 43.5 Å². The van der Waals surface area contributed by atoms with E-state index in [0.717, 1.165) is 12.8 Å². The number of Topliss-reactive ketones (excluding diaryl/α,β-unsaturated/α-hetero) is 1. The number of likely N-dealkylation sites (tertiary alicyclic amines) is 1. The van der Waals surface area contributed by atoms with Gasteiger partial charge >= 0.3 is 0 Å². The number of aromatic nitrogens is 2. The van der Waals surface area contributed by atoms with Gasteiger partial charge in [-0.05, 0) is 43.0 Å². The van der Waals surface area contributed by atoms with Crippen LogP contribution < -0.4 is 5.73 Å². The van der Waals surface area contributed by atoms with Gasteiger partial charge in [0.2, 0.25) is 5.91 Å². The van der Waals surface area contributed by atoms with Gasteiger partial charge in [0.05, 0.1) is 17.4 Å². The summed E-state index contributed by atoms with van der Waals surface area (Å²) >= 11 is 0. The van der Waals surface area contributed by atoms with Crippen LogP contribution in [0.3, 0.4) is 0 Å². The molecule has 0 radical (unpaired) electrons. The molecule has 1 aromatic heterocycles. The minimum Gasteiger partial charge on any atom is -0.383 e. The van der Waals surface area contributed by atoms with Gasteiger partial charge in [0.15, 0.2) is 5.78 Å². The van der Waals surface area contributed by atoms with Crippen molar-refractivity contribution in [3.8, 4) is 5.69 Å². The molecule has 144 valence electrons. The zero-order chi connectivity index (χ0) is 19.6. The number of carbonyl (C=O) groups excluding carboxylic acids is 2. The third kappa shape index (κ3) is 4.18. The average Bonchev–Trinajstić information content (AvgIpc) is 3.03. The smallest absolute Gasteiger partial charge is 0.222 e. The Morgan fingerprint density at radius 2 is 2.00 bits per heavy atom. The van der Waals surface area contributed by atoms with Crippen LogP contribution in [0.25, 0.3) is 5.69 Å². The molecule has 0 unspecified atom stereocenters. The quantitative estimate of drug-likeness (QED) is 0.818. The molecule has 2 aromatic rings. The summed E-state index contributed by atoms with van der Waals surface area (Å²) in [6, 6.07) is 5.74. The first-order valence-corrected chi connectivity index (χ1v) is 9.28. The highest BCUT2D eigenvalue weighted by Crippen LogP contribution is 2.26. The molecule has 1 aliphatic rings. The lowest BCUT2D eigenvalue weighted by molar-refractivity contribution is -0.133. The van der Waals surface area contributed by atoms with Crippen molar-refractivity contribution in [3.63, 3.8) is 0 Å². The van der Waals surface area contributed by atoms with E-state index in [0.29, 0.717) is 30.8 Å². The van der Waals surface area contributed by atoms with Crippen LogP contribution in [0, 0.1) is 17.7 Å². The summed E-state index contributed by atoms with van der Waals surface area (Å²) in [7, 11) is 0. The predicted molar refractivity (Wildman–Crippen MR) is 101 cm³/mol. The Balaban J connectivity index is 1.76. The Morgan fingerprint density at radius 3 is 2.67 bits per heavy atom. The third-order valence-corrected chi connectivity index (χ3v) is 4.87. The number of nitrogens with zero attached hydrogens (tertiary/aromatic N) is 3. The lowest BCUT2D eigenvalue weighted by Crippen LogP contribution is -2.42. The van der Waals surface area contributed by atoms with Gasteiger partial charge in [0, 0.05) is 25.4 Å². The van der Waals surface area contributed by atoms with E-state index in [2.05, 4.69) is 5.10 Å². The fourth-order valence-corrected chi connectivity index (χ4v) is 3.45. The molecule has 6 nitrogen and oxygen atoms in total. The topological polar surface area (TPSA) is 81.2 Å². The molecule has 1 amide bonds. The first-order valence-electron chi connectivity index (χ1n) is 9.28. The van der Waals surface area contributed by atoms with Crippen LogP contribution >= 0.6 is 0 Å². The molecular formula is C20H25FN4O2. The minimum absolute atomic E-state index is 0.0945. The second-order valence-corrected chi connectivity index (χ2v) is 7.47. The van der Waals surface area contributed by atoms with Gasteiger partial charge in [-0.25, -0.2) is 9.07 Å². The number of halogens is 1. The van der Waals surface area contributed by atoms with Gasteiger partial charge in [0.25, 0.3) is 0 Å². The van der Waals surface area contributed by atoms with E-state index in [1.165, 1.54) is 23.0 Å². The molecule has 1 fully saturated rings. The third-order valence-electron chi connectivity index (χ3n) is 4.87. The Hall–Kier alpha value is -2.70. The number of hydrogen-bond donors (Lipinski definition) is 1. The van der Waals surface area contributed by atoms with Crippen molar-refractivity contribution < 1.29 is 14.0 Å². The molecule has 27 heavy (non-hydrogen) atoms. The Labute approximate surface area is 158 Å². The number of carbonyl (C=O) groups is 2. The predicted octanol–water partition coefficient (Wildman–Crippen LogP) is 3.06. The summed E-state index contributed by atoms with van der Waals surface area (Å²) in [5.74, 6) is -0.104. The second-order valence-electron chi connectivity index (χ2n) is 7.47. The van der Waals surface area contributed by atoms with E-state index in [4.69, 9.17) is 5.73 Å². The van der Waals surface area contributed by atoms with Gasteiger partial charge in [-0.1, -0.05) is 13.8 Å². The van der Waals surface area contributed by atoms with E-state index in [-0.39, 0.29) is 35.2 Å². The molecule has 0 bridgehead atoms. The van der Waals surface area contributed by atoms with E-state index in [1.807, 2.05) is 13.8 Å². The zero-order valence-corrected chi connectivity index (χ0v) is 15.7. The number of ketones is 1. The number of nitrogen functional groups attached to an aromatic ring is 1. The molecule has 1 aromatic carbocycles. The van der Waals surface area contributed by atoms with Crippen molar-refractivity contribution in [2.24, 2.45) is 11.8 Å². The maximum atomic E-state index is 13.1. The molecule has 1 aliphatic heterocycles. The maximum absolute atomic E-state index is 13.1. The van der Waals surface area contributed by atoms with Gasteiger partial charge < -0.3 is 10.6 Å². The van der Waals surface area contributed by atoms with Crippen LogP contribution in [0.15, 0.2) is 30.5 Å². The molecule has 7 heteroatoms. The largest absolute Gasteiger partial charge is 0.383 e. The van der Waals surface area contributed by atoms with Crippen molar-refractivity contribution in [1.29, 1.82) is 0 Å². The highest BCUT2D eigenvalue weighted by Gasteiger charge is 2.31. The Kier molecular flexibility index (Phi) is 5.58. The first-order chi connectivity index (χ1) is 12.9. The highest BCUT2D eigenvalue weighted by molar-refractivity contribution is 6.02. The second kappa shape index (κ2) is 7.90. The summed E-state index contributed by atoms with van der Waals surface area (Å²) in [5.41, 5.74) is 7.08. The number of nitrogens with two attached hydrogens (primary N) is 1. The number of amides is 1. The summed E-state index contributed by atoms with van der Waals surface area (Å²) in [6.45, 7) is 5.13. The van der Waals surface area contributed by atoms with Gasteiger partial charge in [-0.3, -0.25) is 9.59 Å². The van der Waals surface area contributed by atoms with Gasteiger partial charge in [-0.2, -0.15) is 5.10 Å². The van der Waals surface area contributed by atoms with Crippen LogP contribution in [0.4, 0.5) is 10.2 Å². The van der Waals surface area contributed by atoms with Gasteiger partial charge in [-0.15, -0.1) is 0 Å². The number of rotatable bonds is 5. The molecule has 0 aliphatic carbocycles. The summed E-state index contributed by atoms with van der Waals surface area (Å²) in [6.07, 6.45) is 3.47. The van der Waals surface area contributed by atoms with E-state index in [1.54, 1.807) is 17.0 Å². The molecule has 3 rings (SSSR count). The van der Waals surface area contributed by atoms with Crippen LogP contribution in [0.2, 0.25) is 0 Å². The van der Waals surface area contributed by atoms with Crippen molar-refractivity contribution in [3.05, 3.63) is 41.8 Å². The zero-order valence-electron chi connectivity index (χ0n) is 15.7. The minimum atomic E-state index is -0.353. The number of piperidine rings is 1. The Morgan fingerprint density at radius 1 is 1.30 bits per heavy atom. The maximum Gasteiger partial charge on any atom is 0.222 e. The molecule has 0 saturated carbocycles. The van der Waals surface area contributed by atoms with E-state index < -0.39 is 0 Å². The molecule has 2 N–H and O–H groups in total. The molecule has 1 saturated heterocycles. The molecule has 1 atom stereocenters. The standard InChI is InChI=1S/C20H25FN4O2/c1-13(2)10-18(26)24-9-3-4-14(12-24)19(27)17-11-23-25(20(17)22)16-7-5-15(21)6-8-16/h5-8,11,13-14H,3-4,9-10,12,22H2,1-2H3/t14-/m1/s1. The fourth-order valence-electron chi connectivity index (χ4n) is 3.45. The monoisotopic (exact) mass is 372 g/mol.